The van der Waals surface area contributed by atoms with Crippen molar-refractivity contribution in [2.24, 2.45) is 11.8 Å². The Bertz CT molecular complexity index is 1890. The van der Waals surface area contributed by atoms with E-state index in [1.54, 1.807) is 0 Å². The van der Waals surface area contributed by atoms with Crippen LogP contribution in [0.15, 0.2) is 0 Å². The molecule has 0 radical (unpaired) electrons. The van der Waals surface area contributed by atoms with Gasteiger partial charge in [-0.15, -0.1) is 0 Å². The molecule has 0 rings (SSSR count). The number of aliphatic hydroxyl groups is 1. The van der Waals surface area contributed by atoms with Gasteiger partial charge in [-0.3, -0.25) is 37.3 Å². The van der Waals surface area contributed by atoms with Crippen molar-refractivity contribution < 1.29 is 80.2 Å². The van der Waals surface area contributed by atoms with Gasteiger partial charge in [-0.2, -0.15) is 0 Å². The van der Waals surface area contributed by atoms with E-state index in [-0.39, 0.29) is 25.7 Å². The highest BCUT2D eigenvalue weighted by Crippen LogP contribution is 2.45. The lowest BCUT2D eigenvalue weighted by Gasteiger charge is -2.21. The first kappa shape index (κ1) is 96.1. The highest BCUT2D eigenvalue weighted by Gasteiger charge is 2.30. The summed E-state index contributed by atoms with van der Waals surface area (Å²) in [5, 5.41) is 10.6. The summed E-state index contributed by atoms with van der Waals surface area (Å²) in [7, 11) is -9.92. The topological polar surface area (TPSA) is 237 Å². The number of aliphatic hydroxyl groups excluding tert-OH is 1. The van der Waals surface area contributed by atoms with Gasteiger partial charge in [-0.25, -0.2) is 9.13 Å². The van der Waals surface area contributed by atoms with Crippen molar-refractivity contribution >= 4 is 39.5 Å². The van der Waals surface area contributed by atoms with Gasteiger partial charge in [-0.05, 0) is 37.5 Å². The molecule has 0 aliphatic rings. The van der Waals surface area contributed by atoms with E-state index in [1.165, 1.54) is 231 Å². The molecule has 0 aromatic rings. The molecule has 0 aromatic carbocycles. The Kier molecular flexibility index (Phi) is 69.3. The molecule has 0 heterocycles. The standard InChI is InChI=1S/C79H154O17P2/c1-7-9-11-13-15-17-19-21-23-24-26-28-32-38-45-51-57-63-78(83)95-74(67-89-76(81)61-55-49-43-37-31-27-25-22-20-18-16-14-12-10-8-2)69-93-97(85,86)91-65-73(80)66-92-98(87,88)94-70-75(68-90-77(82)62-56-50-44-40-34-36-42-48-54-60-72(5)6)96-79(84)64-58-52-46-39-33-29-30-35-41-47-53-59-71(3)4/h71-75,80H,7-70H2,1-6H3,(H,85,86)(H,87,88)/t73-,74-,75-/m1/s1. The van der Waals surface area contributed by atoms with E-state index >= 15 is 0 Å². The van der Waals surface area contributed by atoms with Crippen molar-refractivity contribution in [1.29, 1.82) is 0 Å². The highest BCUT2D eigenvalue weighted by molar-refractivity contribution is 7.47. The van der Waals surface area contributed by atoms with Crippen LogP contribution in [-0.2, 0) is 65.4 Å². The third kappa shape index (κ3) is 72.4. The van der Waals surface area contributed by atoms with Gasteiger partial charge >= 0.3 is 39.5 Å². The van der Waals surface area contributed by atoms with Gasteiger partial charge in [0.2, 0.25) is 0 Å². The van der Waals surface area contributed by atoms with Crippen molar-refractivity contribution in [2.45, 2.75) is 432 Å². The molecular formula is C79H154O17P2. The van der Waals surface area contributed by atoms with Crippen molar-refractivity contribution in [3.63, 3.8) is 0 Å². The summed E-state index contributed by atoms with van der Waals surface area (Å²) in [5.41, 5.74) is 0. The van der Waals surface area contributed by atoms with Crippen LogP contribution in [0.25, 0.3) is 0 Å². The molecule has 0 fully saturated rings. The normalized spacial score (nSPS) is 13.9. The lowest BCUT2D eigenvalue weighted by Crippen LogP contribution is -2.30. The number of phosphoric acid groups is 2. The summed E-state index contributed by atoms with van der Waals surface area (Å²) in [6, 6.07) is 0. The number of unbranched alkanes of at least 4 members (excludes halogenated alkanes) is 48. The van der Waals surface area contributed by atoms with Crippen LogP contribution in [0.3, 0.4) is 0 Å². The maximum absolute atomic E-state index is 13.1. The Morgan fingerprint density at radius 3 is 0.694 bits per heavy atom. The third-order valence-electron chi connectivity index (χ3n) is 18.5. The minimum Gasteiger partial charge on any atom is -0.462 e. The molecule has 0 bridgehead atoms. The first-order valence-corrected chi connectivity index (χ1v) is 44.0. The lowest BCUT2D eigenvalue weighted by molar-refractivity contribution is -0.161. The highest BCUT2D eigenvalue weighted by atomic mass is 31.2. The number of hydrogen-bond donors (Lipinski definition) is 3. The fourth-order valence-electron chi connectivity index (χ4n) is 12.2. The van der Waals surface area contributed by atoms with Crippen molar-refractivity contribution in [3.8, 4) is 0 Å². The third-order valence-corrected chi connectivity index (χ3v) is 20.4. The molecule has 582 valence electrons. The molecule has 0 saturated carbocycles. The summed E-state index contributed by atoms with van der Waals surface area (Å²) in [5.74, 6) is -0.600. The van der Waals surface area contributed by atoms with Crippen LogP contribution >= 0.6 is 15.6 Å². The van der Waals surface area contributed by atoms with E-state index in [0.29, 0.717) is 25.7 Å². The summed E-state index contributed by atoms with van der Waals surface area (Å²) in [6.07, 6.45) is 59.5. The Morgan fingerprint density at radius 1 is 0.276 bits per heavy atom. The zero-order valence-electron chi connectivity index (χ0n) is 64.1. The second-order valence-corrected chi connectivity index (χ2v) is 32.3. The Labute approximate surface area is 600 Å². The van der Waals surface area contributed by atoms with Gasteiger partial charge in [0.05, 0.1) is 26.4 Å². The van der Waals surface area contributed by atoms with Crippen molar-refractivity contribution in [3.05, 3.63) is 0 Å². The van der Waals surface area contributed by atoms with Gasteiger partial charge in [0, 0.05) is 25.7 Å². The van der Waals surface area contributed by atoms with Gasteiger partial charge in [0.1, 0.15) is 19.3 Å². The maximum atomic E-state index is 13.1. The SMILES string of the molecule is CCCCCCCCCCCCCCCCCCCC(=O)O[C@H](COC(=O)CCCCCCCCCCCCCCCCC)COP(=O)(O)OC[C@@H](O)COP(=O)(O)OC[C@@H](COC(=O)CCCCCCCCCCCC(C)C)OC(=O)CCCCCCCCCCCCCC(C)C. The minimum atomic E-state index is -4.96. The predicted molar refractivity (Wildman–Crippen MR) is 400 cm³/mol. The molecule has 98 heavy (non-hydrogen) atoms. The largest absolute Gasteiger partial charge is 0.472 e. The van der Waals surface area contributed by atoms with Crippen LogP contribution in [0, 0.1) is 11.8 Å². The Morgan fingerprint density at radius 2 is 0.469 bits per heavy atom. The smallest absolute Gasteiger partial charge is 0.462 e. The summed E-state index contributed by atoms with van der Waals surface area (Å²) < 4.78 is 68.7. The number of carbonyl (C=O) groups is 4. The van der Waals surface area contributed by atoms with E-state index in [4.69, 9.17) is 37.0 Å². The molecule has 0 spiro atoms. The molecular weight excluding hydrogens is 1280 g/mol. The summed E-state index contributed by atoms with van der Waals surface area (Å²) in [4.78, 5) is 73.0. The molecule has 0 aromatic heterocycles. The van der Waals surface area contributed by atoms with Crippen LogP contribution in [0.4, 0.5) is 0 Å². The maximum Gasteiger partial charge on any atom is 0.472 e. The summed E-state index contributed by atoms with van der Waals surface area (Å²) >= 11 is 0. The van der Waals surface area contributed by atoms with Crippen LogP contribution < -0.4 is 0 Å². The van der Waals surface area contributed by atoms with Gasteiger partial charge in [-0.1, -0.05) is 363 Å². The van der Waals surface area contributed by atoms with Crippen LogP contribution in [-0.4, -0.2) is 96.7 Å². The molecule has 3 N–H and O–H groups in total. The molecule has 0 aliphatic heterocycles. The summed E-state index contributed by atoms with van der Waals surface area (Å²) in [6.45, 7) is 9.61. The fourth-order valence-corrected chi connectivity index (χ4v) is 13.8. The van der Waals surface area contributed by atoms with E-state index < -0.39 is 97.5 Å². The second kappa shape index (κ2) is 70.7. The molecule has 0 amide bonds. The van der Waals surface area contributed by atoms with E-state index in [1.807, 2.05) is 0 Å². The van der Waals surface area contributed by atoms with Gasteiger partial charge < -0.3 is 33.8 Å². The van der Waals surface area contributed by atoms with Crippen LogP contribution in [0.5, 0.6) is 0 Å². The number of hydrogen-bond acceptors (Lipinski definition) is 15. The Hall–Kier alpha value is -1.94. The number of esters is 4. The first-order chi connectivity index (χ1) is 47.4. The molecule has 5 atom stereocenters. The molecule has 0 aliphatic carbocycles. The molecule has 0 saturated heterocycles. The zero-order chi connectivity index (χ0) is 72.1. The van der Waals surface area contributed by atoms with E-state index in [2.05, 4.69) is 41.5 Å². The number of ether oxygens (including phenoxy) is 4. The second-order valence-electron chi connectivity index (χ2n) is 29.4. The molecule has 17 nitrogen and oxygen atoms in total. The fraction of sp³-hybridized carbons (Fsp3) is 0.949. The van der Waals surface area contributed by atoms with E-state index in [9.17, 15) is 43.2 Å². The number of rotatable bonds is 78. The predicted octanol–water partition coefficient (Wildman–Crippen LogP) is 23.5. The van der Waals surface area contributed by atoms with Crippen LogP contribution in [0.2, 0.25) is 0 Å². The minimum absolute atomic E-state index is 0.106. The zero-order valence-corrected chi connectivity index (χ0v) is 65.9. The van der Waals surface area contributed by atoms with Gasteiger partial charge in [0.15, 0.2) is 12.2 Å². The lowest BCUT2D eigenvalue weighted by atomic mass is 10.0. The van der Waals surface area contributed by atoms with E-state index in [0.717, 1.165) is 102 Å². The number of phosphoric ester groups is 2. The Balaban J connectivity index is 5.26. The average Bonchev–Trinajstić information content (AvgIpc) is 1.01. The van der Waals surface area contributed by atoms with Crippen LogP contribution in [0.1, 0.15) is 414 Å². The van der Waals surface area contributed by atoms with Crippen molar-refractivity contribution in [1.82, 2.24) is 0 Å². The van der Waals surface area contributed by atoms with Crippen molar-refractivity contribution in [2.75, 3.05) is 39.6 Å². The monoisotopic (exact) mass is 1440 g/mol. The van der Waals surface area contributed by atoms with Gasteiger partial charge in [0.25, 0.3) is 0 Å². The average molecular weight is 1440 g/mol. The number of carbonyl (C=O) groups excluding carboxylic acids is 4. The quantitative estimate of drug-likeness (QED) is 0.0222. The molecule has 19 heteroatoms. The molecule has 2 unspecified atom stereocenters. The first-order valence-electron chi connectivity index (χ1n) is 41.0.